The van der Waals surface area contributed by atoms with E-state index in [0.29, 0.717) is 0 Å². The van der Waals surface area contributed by atoms with Crippen LogP contribution in [0, 0.1) is 0 Å². The zero-order valence-corrected chi connectivity index (χ0v) is 10.6. The second-order valence-corrected chi connectivity index (χ2v) is 4.61. The highest BCUT2D eigenvalue weighted by atomic mass is 16.3. The number of nitrogens with zero attached hydrogens (tertiary/aromatic N) is 2. The van der Waals surface area contributed by atoms with Gasteiger partial charge >= 0.3 is 0 Å². The van der Waals surface area contributed by atoms with Gasteiger partial charge in [0.25, 0.3) is 0 Å². The van der Waals surface area contributed by atoms with E-state index in [0.717, 1.165) is 25.0 Å². The van der Waals surface area contributed by atoms with Gasteiger partial charge in [0.05, 0.1) is 6.10 Å². The third-order valence-corrected chi connectivity index (χ3v) is 3.50. The maximum absolute atomic E-state index is 9.18. The molecule has 3 atom stereocenters. The molecule has 15 heavy (non-hydrogen) atoms. The molecule has 0 spiro atoms. The molecule has 3 saturated heterocycles. The maximum Gasteiger partial charge on any atom is 0.0524 e. The molecule has 0 saturated carbocycles. The Kier molecular flexibility index (Phi) is 5.03. The maximum atomic E-state index is 9.18. The first-order valence-corrected chi connectivity index (χ1v) is 6.29. The van der Waals surface area contributed by atoms with E-state index in [4.69, 9.17) is 0 Å². The van der Waals surface area contributed by atoms with E-state index in [-0.39, 0.29) is 6.10 Å². The highest BCUT2D eigenvalue weighted by Gasteiger charge is 2.41. The normalized spacial score (nSPS) is 32.6. The third-order valence-electron chi connectivity index (χ3n) is 3.50. The minimum atomic E-state index is -0.143. The Morgan fingerprint density at radius 1 is 1.27 bits per heavy atom. The molecule has 0 aliphatic carbocycles. The summed E-state index contributed by atoms with van der Waals surface area (Å²) in [6, 6.07) is 1.60. The van der Waals surface area contributed by atoms with Gasteiger partial charge in [0.2, 0.25) is 0 Å². The Balaban J connectivity index is 0.000000531. The van der Waals surface area contributed by atoms with E-state index >= 15 is 0 Å². The Morgan fingerprint density at radius 3 is 2.20 bits per heavy atom. The molecule has 2 bridgehead atoms. The van der Waals surface area contributed by atoms with Gasteiger partial charge in [-0.05, 0) is 26.8 Å². The summed E-state index contributed by atoms with van der Waals surface area (Å²) in [4.78, 5) is 4.98. The molecule has 3 nitrogen and oxygen atoms in total. The van der Waals surface area contributed by atoms with Crippen LogP contribution >= 0.6 is 0 Å². The predicted molar refractivity (Wildman–Crippen MR) is 64.0 cm³/mol. The Labute approximate surface area is 94.1 Å². The smallest absolute Gasteiger partial charge is 0.0524 e. The highest BCUT2D eigenvalue weighted by Crippen LogP contribution is 2.30. The van der Waals surface area contributed by atoms with Crippen LogP contribution in [0.1, 0.15) is 33.6 Å². The molecule has 3 aliphatic heterocycles. The van der Waals surface area contributed by atoms with Crippen molar-refractivity contribution in [2.75, 3.05) is 26.7 Å². The summed E-state index contributed by atoms with van der Waals surface area (Å²) in [6.45, 7) is 9.36. The van der Waals surface area contributed by atoms with Crippen LogP contribution in [0.2, 0.25) is 0 Å². The fourth-order valence-electron chi connectivity index (χ4n) is 2.44. The van der Waals surface area contributed by atoms with Crippen molar-refractivity contribution < 1.29 is 5.11 Å². The first-order chi connectivity index (χ1) is 7.16. The minimum Gasteiger partial charge on any atom is -0.393 e. The van der Waals surface area contributed by atoms with Crippen LogP contribution in [0.4, 0.5) is 0 Å². The van der Waals surface area contributed by atoms with E-state index < -0.39 is 0 Å². The van der Waals surface area contributed by atoms with Gasteiger partial charge in [-0.25, -0.2) is 0 Å². The molecular weight excluding hydrogens is 188 g/mol. The summed E-state index contributed by atoms with van der Waals surface area (Å²) in [5.41, 5.74) is 0. The third kappa shape index (κ3) is 3.16. The van der Waals surface area contributed by atoms with Gasteiger partial charge in [0, 0.05) is 31.7 Å². The number of piperazine rings is 1. The van der Waals surface area contributed by atoms with Crippen LogP contribution in [0.15, 0.2) is 0 Å². The Bertz CT molecular complexity index is 172. The van der Waals surface area contributed by atoms with Gasteiger partial charge in [0.15, 0.2) is 0 Å². The number of fused-ring (bicyclic) bond motifs is 2. The van der Waals surface area contributed by atoms with Crippen LogP contribution < -0.4 is 0 Å². The molecule has 3 fully saturated rings. The molecule has 3 heteroatoms. The van der Waals surface area contributed by atoms with E-state index in [1.165, 1.54) is 19.5 Å². The Morgan fingerprint density at radius 2 is 1.80 bits per heavy atom. The van der Waals surface area contributed by atoms with Gasteiger partial charge in [-0.2, -0.15) is 0 Å². The first kappa shape index (κ1) is 12.9. The number of aliphatic hydroxyl groups is 1. The molecule has 0 radical (unpaired) electrons. The Hall–Kier alpha value is -0.120. The number of piperidine rings is 1. The summed E-state index contributed by atoms with van der Waals surface area (Å²) in [5, 5.41) is 9.18. The van der Waals surface area contributed by atoms with Gasteiger partial charge in [-0.1, -0.05) is 13.8 Å². The van der Waals surface area contributed by atoms with Gasteiger partial charge in [0.1, 0.15) is 0 Å². The molecule has 3 unspecified atom stereocenters. The molecule has 90 valence electrons. The summed E-state index contributed by atoms with van der Waals surface area (Å²) < 4.78 is 0. The lowest BCUT2D eigenvalue weighted by molar-refractivity contribution is -0.0528. The molecule has 3 rings (SSSR count). The zero-order valence-electron chi connectivity index (χ0n) is 10.6. The number of hydrogen-bond donors (Lipinski definition) is 1. The van der Waals surface area contributed by atoms with E-state index in [1.54, 1.807) is 0 Å². The van der Waals surface area contributed by atoms with Crippen molar-refractivity contribution in [3.8, 4) is 0 Å². The minimum absolute atomic E-state index is 0.143. The van der Waals surface area contributed by atoms with E-state index in [2.05, 4.69) is 16.8 Å². The summed E-state index contributed by atoms with van der Waals surface area (Å²) in [7, 11) is 2.23. The lowest BCUT2D eigenvalue weighted by atomic mass is 9.88. The van der Waals surface area contributed by atoms with Gasteiger partial charge in [-0.3, -0.25) is 4.90 Å². The van der Waals surface area contributed by atoms with Gasteiger partial charge in [-0.15, -0.1) is 0 Å². The molecule has 3 heterocycles. The van der Waals surface area contributed by atoms with E-state index in [1.807, 2.05) is 20.8 Å². The van der Waals surface area contributed by atoms with E-state index in [9.17, 15) is 5.11 Å². The van der Waals surface area contributed by atoms with Crippen molar-refractivity contribution in [3.63, 3.8) is 0 Å². The number of likely N-dealkylation sites (N-methyl/N-ethyl adjacent to an activating group) is 1. The molecule has 0 aromatic heterocycles. The first-order valence-electron chi connectivity index (χ1n) is 6.29. The van der Waals surface area contributed by atoms with Crippen molar-refractivity contribution in [2.24, 2.45) is 0 Å². The number of rotatable bonds is 3. The quantitative estimate of drug-likeness (QED) is 0.764. The second kappa shape index (κ2) is 5.83. The van der Waals surface area contributed by atoms with Crippen molar-refractivity contribution in [3.05, 3.63) is 0 Å². The summed E-state index contributed by atoms with van der Waals surface area (Å²) in [6.07, 6.45) is 2.17. The SMILES string of the molecule is CC.CC(O)CCN1CC2CC(C1)N2C. The topological polar surface area (TPSA) is 26.7 Å². The largest absolute Gasteiger partial charge is 0.393 e. The molecule has 0 aromatic rings. The molecular formula is C12H26N2O. The van der Waals surface area contributed by atoms with Crippen LogP contribution in [0.5, 0.6) is 0 Å². The predicted octanol–water partition coefficient (Wildman–Crippen LogP) is 1.17. The molecule has 0 amide bonds. The summed E-state index contributed by atoms with van der Waals surface area (Å²) in [5.74, 6) is 0. The van der Waals surface area contributed by atoms with Crippen LogP contribution in [-0.4, -0.2) is 59.8 Å². The van der Waals surface area contributed by atoms with Crippen LogP contribution in [0.3, 0.4) is 0 Å². The van der Waals surface area contributed by atoms with Crippen molar-refractivity contribution >= 4 is 0 Å². The average Bonchev–Trinajstić information content (AvgIpc) is 2.28. The number of hydrogen-bond acceptors (Lipinski definition) is 3. The van der Waals surface area contributed by atoms with Gasteiger partial charge < -0.3 is 10.0 Å². The highest BCUT2D eigenvalue weighted by molar-refractivity contribution is 4.98. The van der Waals surface area contributed by atoms with Crippen LogP contribution in [-0.2, 0) is 0 Å². The fourth-order valence-corrected chi connectivity index (χ4v) is 2.44. The zero-order chi connectivity index (χ0) is 11.4. The monoisotopic (exact) mass is 214 g/mol. The van der Waals surface area contributed by atoms with Crippen LogP contribution in [0.25, 0.3) is 0 Å². The summed E-state index contributed by atoms with van der Waals surface area (Å²) >= 11 is 0. The molecule has 1 N–H and O–H groups in total. The fraction of sp³-hybridized carbons (Fsp3) is 1.00. The molecule has 0 aromatic carbocycles. The standard InChI is InChI=1S/C10H20N2O.C2H6/c1-8(13)3-4-12-6-9-5-10(7-12)11(9)2;1-2/h8-10,13H,3-7H2,1-2H3;1-2H3. The molecule has 3 aliphatic rings. The lowest BCUT2D eigenvalue weighted by Gasteiger charge is -2.55. The van der Waals surface area contributed by atoms with Crippen molar-refractivity contribution in [1.82, 2.24) is 9.80 Å². The van der Waals surface area contributed by atoms with Crippen molar-refractivity contribution in [1.29, 1.82) is 0 Å². The average molecular weight is 214 g/mol. The van der Waals surface area contributed by atoms with Crippen molar-refractivity contribution in [2.45, 2.75) is 51.8 Å². The number of aliphatic hydroxyl groups excluding tert-OH is 1. The second-order valence-electron chi connectivity index (χ2n) is 4.61. The lowest BCUT2D eigenvalue weighted by Crippen LogP contribution is -2.67.